The summed E-state index contributed by atoms with van der Waals surface area (Å²) in [5.41, 5.74) is 8.48. The molecule has 4 atom stereocenters. The van der Waals surface area contributed by atoms with E-state index in [9.17, 15) is 15.0 Å². The normalized spacial score (nSPS) is 24.5. The molecule has 1 saturated heterocycles. The fourth-order valence-electron chi connectivity index (χ4n) is 3.51. The van der Waals surface area contributed by atoms with Crippen molar-refractivity contribution < 1.29 is 19.7 Å². The number of esters is 1. The van der Waals surface area contributed by atoms with Gasteiger partial charge in [-0.1, -0.05) is 30.3 Å². The van der Waals surface area contributed by atoms with Crippen molar-refractivity contribution in [3.8, 4) is 0 Å². The van der Waals surface area contributed by atoms with Crippen LogP contribution in [0.4, 0.5) is 5.82 Å². The molecule has 1 unspecified atom stereocenters. The molecule has 9 nitrogen and oxygen atoms in total. The third-order valence-electron chi connectivity index (χ3n) is 4.98. The van der Waals surface area contributed by atoms with E-state index < -0.39 is 30.3 Å². The fourth-order valence-corrected chi connectivity index (χ4v) is 3.51. The van der Waals surface area contributed by atoms with Gasteiger partial charge in [-0.15, -0.1) is 0 Å². The van der Waals surface area contributed by atoms with Crippen LogP contribution in [0.25, 0.3) is 11.0 Å². The Morgan fingerprint density at radius 2 is 1.96 bits per heavy atom. The van der Waals surface area contributed by atoms with Gasteiger partial charge in [0.2, 0.25) is 0 Å². The molecule has 3 heterocycles. The van der Waals surface area contributed by atoms with Crippen LogP contribution >= 0.6 is 0 Å². The number of carbonyl (C=O) groups excluding carboxylic acids is 1. The lowest BCUT2D eigenvalue weighted by Crippen LogP contribution is -2.35. The second-order valence-corrected chi connectivity index (χ2v) is 6.81. The minimum absolute atomic E-state index is 0.0684. The molecule has 0 radical (unpaired) electrons. The summed E-state index contributed by atoms with van der Waals surface area (Å²) in [5, 5.41) is 24.0. The lowest BCUT2D eigenvalue weighted by molar-refractivity contribution is -0.146. The number of aromatic amines is 1. The lowest BCUT2D eigenvalue weighted by Gasteiger charge is -2.15. The molecule has 0 spiro atoms. The smallest absolute Gasteiger partial charge is 0.307 e. The Morgan fingerprint density at radius 3 is 2.75 bits per heavy atom. The summed E-state index contributed by atoms with van der Waals surface area (Å²) in [6.07, 6.45) is 0.701. The number of nitrogens with two attached hydrogens (primary N) is 1. The van der Waals surface area contributed by atoms with Crippen molar-refractivity contribution in [1.29, 1.82) is 0 Å². The lowest BCUT2D eigenvalue weighted by atomic mass is 10.0. The Balaban J connectivity index is 1.44. The number of aliphatic hydroxyl groups excluding tert-OH is 2. The molecule has 0 saturated carbocycles. The molecule has 28 heavy (non-hydrogen) atoms. The second kappa shape index (κ2) is 7.55. The zero-order valence-electron chi connectivity index (χ0n) is 14.9. The third kappa shape index (κ3) is 3.42. The first-order chi connectivity index (χ1) is 13.5. The number of nitrogens with one attached hydrogen (secondary N) is 2. The molecular formula is C19H21N5O4. The topological polar surface area (TPSA) is 146 Å². The molecule has 1 aliphatic rings. The fraction of sp³-hybridized carbons (Fsp3) is 0.316. The molecule has 1 fully saturated rings. The highest BCUT2D eigenvalue weighted by atomic mass is 16.5. The molecular weight excluding hydrogens is 362 g/mol. The van der Waals surface area contributed by atoms with Crippen LogP contribution < -0.4 is 11.1 Å². The molecule has 1 aliphatic heterocycles. The highest BCUT2D eigenvalue weighted by Crippen LogP contribution is 2.33. The molecule has 2 aromatic heterocycles. The number of benzene rings is 1. The van der Waals surface area contributed by atoms with E-state index >= 15 is 0 Å². The van der Waals surface area contributed by atoms with Crippen LogP contribution in [0.1, 0.15) is 23.6 Å². The van der Waals surface area contributed by atoms with Crippen LogP contribution in [0.15, 0.2) is 42.9 Å². The molecule has 0 amide bonds. The summed E-state index contributed by atoms with van der Waals surface area (Å²) < 4.78 is 5.27. The van der Waals surface area contributed by atoms with Crippen molar-refractivity contribution in [1.82, 2.24) is 20.3 Å². The Morgan fingerprint density at radius 1 is 1.18 bits per heavy atom. The monoisotopic (exact) mass is 383 g/mol. The SMILES string of the molecule is Nc1ncnc2c(C3N[C@H](CC(=O)OCc4ccccc4)[C@@H](O)[C@H]3O)c[nH]c12. The number of H-pyrrole nitrogens is 1. The van der Waals surface area contributed by atoms with E-state index in [-0.39, 0.29) is 13.0 Å². The molecule has 0 bridgehead atoms. The summed E-state index contributed by atoms with van der Waals surface area (Å²) in [6, 6.07) is 8.08. The summed E-state index contributed by atoms with van der Waals surface area (Å²) in [6.45, 7) is 0.160. The molecule has 146 valence electrons. The number of anilines is 1. The molecule has 9 heteroatoms. The molecule has 4 rings (SSSR count). The van der Waals surface area contributed by atoms with Gasteiger partial charge in [-0.3, -0.25) is 4.79 Å². The van der Waals surface area contributed by atoms with E-state index in [1.54, 1.807) is 6.20 Å². The second-order valence-electron chi connectivity index (χ2n) is 6.81. The molecule has 0 aliphatic carbocycles. The van der Waals surface area contributed by atoms with Crippen molar-refractivity contribution in [2.24, 2.45) is 0 Å². The van der Waals surface area contributed by atoms with Gasteiger partial charge in [-0.25, -0.2) is 9.97 Å². The van der Waals surface area contributed by atoms with E-state index in [1.807, 2.05) is 30.3 Å². The maximum Gasteiger partial charge on any atom is 0.307 e. The van der Waals surface area contributed by atoms with Gasteiger partial charge in [-0.05, 0) is 5.56 Å². The van der Waals surface area contributed by atoms with Crippen molar-refractivity contribution in [3.05, 3.63) is 54.0 Å². The maximum atomic E-state index is 12.2. The Hall–Kier alpha value is -3.01. The van der Waals surface area contributed by atoms with Crippen molar-refractivity contribution in [2.45, 2.75) is 37.3 Å². The van der Waals surface area contributed by atoms with Crippen molar-refractivity contribution in [3.63, 3.8) is 0 Å². The predicted molar refractivity (Wildman–Crippen MR) is 101 cm³/mol. The maximum absolute atomic E-state index is 12.2. The quantitative estimate of drug-likeness (QED) is 0.398. The first kappa shape index (κ1) is 18.4. The Labute approximate surface area is 160 Å². The van der Waals surface area contributed by atoms with Crippen LogP contribution in [0, 0.1) is 0 Å². The zero-order chi connectivity index (χ0) is 19.7. The van der Waals surface area contributed by atoms with Gasteiger partial charge in [0.05, 0.1) is 24.1 Å². The van der Waals surface area contributed by atoms with Gasteiger partial charge in [0, 0.05) is 17.8 Å². The van der Waals surface area contributed by atoms with Gasteiger partial charge in [0.1, 0.15) is 24.6 Å². The highest BCUT2D eigenvalue weighted by Gasteiger charge is 2.43. The number of ether oxygens (including phenoxy) is 1. The molecule has 1 aromatic carbocycles. The van der Waals surface area contributed by atoms with Crippen LogP contribution in [0.3, 0.4) is 0 Å². The summed E-state index contributed by atoms with van der Waals surface area (Å²) in [5.74, 6) is -0.163. The van der Waals surface area contributed by atoms with Crippen molar-refractivity contribution >= 4 is 22.8 Å². The predicted octanol–water partition coefficient (Wildman–Crippen LogP) is 0.408. The number of aromatic nitrogens is 3. The first-order valence-electron chi connectivity index (χ1n) is 8.94. The Bertz CT molecular complexity index is 977. The largest absolute Gasteiger partial charge is 0.461 e. The van der Waals surface area contributed by atoms with Crippen molar-refractivity contribution in [2.75, 3.05) is 5.73 Å². The van der Waals surface area contributed by atoms with E-state index in [4.69, 9.17) is 10.5 Å². The number of carbonyl (C=O) groups is 1. The van der Waals surface area contributed by atoms with Gasteiger partial charge >= 0.3 is 5.97 Å². The standard InChI is InChI=1S/C19H21N5O4/c20-19-16-14(22-9-23-19)11(7-21-16)15-18(27)17(26)12(24-15)6-13(25)28-8-10-4-2-1-3-5-10/h1-5,7,9,12,15,17-18,21,24,26-27H,6,8H2,(H2,20,22,23)/t12-,15?,17-,18+/m1/s1. The van der Waals surface area contributed by atoms with Crippen LogP contribution in [-0.4, -0.2) is 49.4 Å². The van der Waals surface area contributed by atoms with Crippen LogP contribution in [-0.2, 0) is 16.1 Å². The number of nitrogens with zero attached hydrogens (tertiary/aromatic N) is 2. The number of hydrogen-bond acceptors (Lipinski definition) is 8. The van der Waals surface area contributed by atoms with Gasteiger partial charge in [0.25, 0.3) is 0 Å². The summed E-state index contributed by atoms with van der Waals surface area (Å²) >= 11 is 0. The van der Waals surface area contributed by atoms with Gasteiger partial charge < -0.3 is 31.0 Å². The highest BCUT2D eigenvalue weighted by molar-refractivity contribution is 5.87. The van der Waals surface area contributed by atoms with Crippen LogP contribution in [0.5, 0.6) is 0 Å². The van der Waals surface area contributed by atoms with Gasteiger partial charge in [-0.2, -0.15) is 0 Å². The minimum atomic E-state index is -1.13. The van der Waals surface area contributed by atoms with E-state index in [0.29, 0.717) is 22.4 Å². The average molecular weight is 383 g/mol. The van der Waals surface area contributed by atoms with Crippen LogP contribution in [0.2, 0.25) is 0 Å². The average Bonchev–Trinajstić information content (AvgIpc) is 3.25. The van der Waals surface area contributed by atoms with Gasteiger partial charge in [0.15, 0.2) is 5.82 Å². The first-order valence-corrected chi connectivity index (χ1v) is 8.94. The minimum Gasteiger partial charge on any atom is -0.461 e. The van der Waals surface area contributed by atoms with E-state index in [2.05, 4.69) is 20.3 Å². The number of fused-ring (bicyclic) bond motifs is 1. The molecule has 6 N–H and O–H groups in total. The molecule has 3 aromatic rings. The number of aliphatic hydroxyl groups is 2. The Kier molecular flexibility index (Phi) is 4.95. The van der Waals surface area contributed by atoms with E-state index in [0.717, 1.165) is 5.56 Å². The summed E-state index contributed by atoms with van der Waals surface area (Å²) in [7, 11) is 0. The van der Waals surface area contributed by atoms with E-state index in [1.165, 1.54) is 6.33 Å². The number of rotatable bonds is 5. The number of hydrogen-bond donors (Lipinski definition) is 5. The third-order valence-corrected chi connectivity index (χ3v) is 4.98. The summed E-state index contributed by atoms with van der Waals surface area (Å²) in [4.78, 5) is 23.3. The number of nitrogen functional groups attached to an aromatic ring is 1. The zero-order valence-corrected chi connectivity index (χ0v) is 14.9.